The van der Waals surface area contributed by atoms with Gasteiger partial charge in [-0.05, 0) is 38.1 Å². The van der Waals surface area contributed by atoms with Gasteiger partial charge in [-0.15, -0.1) is 0 Å². The van der Waals surface area contributed by atoms with Crippen molar-refractivity contribution in [1.29, 1.82) is 0 Å². The minimum Gasteiger partial charge on any atom is -0.496 e. The summed E-state index contributed by atoms with van der Waals surface area (Å²) in [7, 11) is 1.60. The normalized spacial score (nSPS) is 12.7. The van der Waals surface area contributed by atoms with E-state index in [0.717, 1.165) is 11.1 Å². The van der Waals surface area contributed by atoms with Crippen LogP contribution in [-0.4, -0.2) is 52.6 Å². The summed E-state index contributed by atoms with van der Waals surface area (Å²) >= 11 is 13.7. The Morgan fingerprint density at radius 3 is 2.21 bits per heavy atom. The SMILES string of the molecule is COc1cc(-c2nccc(-c3cccc(Nc4nccc(CNCC(C)O)c4F)c3Cl)c2Cl)ccc1CNCC(C)O. The molecule has 0 amide bonds. The van der Waals surface area contributed by atoms with Crippen molar-refractivity contribution in [2.75, 3.05) is 25.5 Å². The van der Waals surface area contributed by atoms with E-state index in [1.807, 2.05) is 24.3 Å². The standard InChI is InChI=1S/C31H34Cl2FN5O3/c1-18(40)14-35-16-21-8-7-20(13-26(21)42-3)30-28(33)24(10-12-37-30)23-5-4-6-25(27(23)32)39-31-29(34)22(9-11-38-31)17-36-15-19(2)41/h4-13,18-19,35-36,40-41H,14-17H2,1-3H3,(H,38,39). The van der Waals surface area contributed by atoms with Gasteiger partial charge >= 0.3 is 0 Å². The zero-order chi connectivity index (χ0) is 30.2. The lowest BCUT2D eigenvalue weighted by molar-refractivity contribution is 0.190. The number of anilines is 2. The molecule has 5 N–H and O–H groups in total. The molecule has 42 heavy (non-hydrogen) atoms. The molecule has 0 aliphatic carbocycles. The fraction of sp³-hybridized carbons (Fsp3) is 0.290. The first kappa shape index (κ1) is 31.6. The number of pyridine rings is 2. The van der Waals surface area contributed by atoms with Crippen LogP contribution >= 0.6 is 23.2 Å². The molecule has 0 spiro atoms. The quantitative estimate of drug-likeness (QED) is 0.126. The summed E-state index contributed by atoms with van der Waals surface area (Å²) in [5.41, 5.74) is 4.39. The summed E-state index contributed by atoms with van der Waals surface area (Å²) in [6.07, 6.45) is 2.17. The first-order chi connectivity index (χ1) is 20.2. The van der Waals surface area contributed by atoms with Crippen LogP contribution in [0.3, 0.4) is 0 Å². The molecule has 2 atom stereocenters. The molecule has 4 aromatic rings. The number of benzene rings is 2. The van der Waals surface area contributed by atoms with Gasteiger partial charge in [-0.2, -0.15) is 0 Å². The van der Waals surface area contributed by atoms with E-state index in [1.165, 1.54) is 6.20 Å². The van der Waals surface area contributed by atoms with E-state index in [0.29, 0.717) is 63.5 Å². The molecule has 2 heterocycles. The number of methoxy groups -OCH3 is 1. The van der Waals surface area contributed by atoms with Gasteiger partial charge in [0.15, 0.2) is 11.6 Å². The van der Waals surface area contributed by atoms with Gasteiger partial charge < -0.3 is 30.9 Å². The number of halogens is 3. The van der Waals surface area contributed by atoms with Crippen LogP contribution in [0, 0.1) is 5.82 Å². The van der Waals surface area contributed by atoms with Crippen LogP contribution < -0.4 is 20.7 Å². The maximum absolute atomic E-state index is 15.2. The topological polar surface area (TPSA) is 112 Å². The molecule has 0 bridgehead atoms. The molecule has 2 aromatic carbocycles. The predicted octanol–water partition coefficient (Wildman–Crippen LogP) is 5.95. The van der Waals surface area contributed by atoms with Crippen LogP contribution in [0.15, 0.2) is 60.9 Å². The van der Waals surface area contributed by atoms with Crippen molar-refractivity contribution in [2.24, 2.45) is 0 Å². The number of aromatic nitrogens is 2. The van der Waals surface area contributed by atoms with Crippen LogP contribution in [0.1, 0.15) is 25.0 Å². The maximum atomic E-state index is 15.2. The van der Waals surface area contributed by atoms with Gasteiger partial charge in [0, 0.05) is 66.4 Å². The number of rotatable bonds is 13. The molecule has 0 aliphatic rings. The Balaban J connectivity index is 1.61. The first-order valence-corrected chi connectivity index (χ1v) is 14.2. The smallest absolute Gasteiger partial charge is 0.170 e. The van der Waals surface area contributed by atoms with Crippen LogP contribution in [0.25, 0.3) is 22.4 Å². The highest BCUT2D eigenvalue weighted by molar-refractivity contribution is 6.39. The van der Waals surface area contributed by atoms with E-state index in [-0.39, 0.29) is 12.4 Å². The Hall–Kier alpha value is -3.31. The second-order valence-corrected chi connectivity index (χ2v) is 10.7. The van der Waals surface area contributed by atoms with Crippen LogP contribution in [0.2, 0.25) is 10.0 Å². The average molecular weight is 615 g/mol. The third-order valence-electron chi connectivity index (χ3n) is 6.47. The van der Waals surface area contributed by atoms with Crippen molar-refractivity contribution in [3.8, 4) is 28.1 Å². The molecule has 4 rings (SSSR count). The predicted molar refractivity (Wildman–Crippen MR) is 166 cm³/mol. The maximum Gasteiger partial charge on any atom is 0.170 e. The molecular formula is C31H34Cl2FN5O3. The van der Waals surface area contributed by atoms with Crippen molar-refractivity contribution in [1.82, 2.24) is 20.6 Å². The minimum atomic E-state index is -0.542. The van der Waals surface area contributed by atoms with E-state index >= 15 is 4.39 Å². The summed E-state index contributed by atoms with van der Waals surface area (Å²) in [5.74, 6) is 0.178. The Morgan fingerprint density at radius 2 is 1.52 bits per heavy atom. The van der Waals surface area contributed by atoms with Crippen LogP contribution in [-0.2, 0) is 13.1 Å². The number of ether oxygens (including phenoxy) is 1. The second-order valence-electron chi connectivity index (χ2n) is 9.93. The minimum absolute atomic E-state index is 0.0297. The monoisotopic (exact) mass is 613 g/mol. The molecule has 0 radical (unpaired) electrons. The summed E-state index contributed by atoms with van der Waals surface area (Å²) < 4.78 is 20.8. The number of hydrogen-bond acceptors (Lipinski definition) is 8. The molecular weight excluding hydrogens is 580 g/mol. The highest BCUT2D eigenvalue weighted by Gasteiger charge is 2.18. The fourth-order valence-electron chi connectivity index (χ4n) is 4.39. The molecule has 2 unspecified atom stereocenters. The van der Waals surface area contributed by atoms with Gasteiger partial charge in [-0.1, -0.05) is 47.5 Å². The van der Waals surface area contributed by atoms with E-state index in [2.05, 4.69) is 25.9 Å². The highest BCUT2D eigenvalue weighted by Crippen LogP contribution is 2.41. The van der Waals surface area contributed by atoms with Gasteiger partial charge in [0.2, 0.25) is 0 Å². The number of hydrogen-bond donors (Lipinski definition) is 5. The Bertz CT molecular complexity index is 1520. The van der Waals surface area contributed by atoms with Gasteiger partial charge in [-0.25, -0.2) is 9.37 Å². The van der Waals surface area contributed by atoms with Crippen molar-refractivity contribution in [3.05, 3.63) is 87.9 Å². The van der Waals surface area contributed by atoms with Crippen molar-refractivity contribution >= 4 is 34.7 Å². The van der Waals surface area contributed by atoms with Gasteiger partial charge in [0.1, 0.15) is 5.75 Å². The second kappa shape index (κ2) is 14.7. The van der Waals surface area contributed by atoms with Gasteiger partial charge in [0.05, 0.1) is 40.7 Å². The summed E-state index contributed by atoms with van der Waals surface area (Å²) in [4.78, 5) is 8.68. The Labute approximate surface area is 254 Å². The van der Waals surface area contributed by atoms with Gasteiger partial charge in [0.25, 0.3) is 0 Å². The fourth-order valence-corrected chi connectivity index (χ4v) is 4.99. The Morgan fingerprint density at radius 1 is 0.857 bits per heavy atom. The lowest BCUT2D eigenvalue weighted by atomic mass is 10.0. The third kappa shape index (κ3) is 7.74. The lowest BCUT2D eigenvalue weighted by Gasteiger charge is -2.16. The number of nitrogens with zero attached hydrogens (tertiary/aromatic N) is 2. The molecule has 0 saturated carbocycles. The van der Waals surface area contributed by atoms with E-state index < -0.39 is 18.0 Å². The van der Waals surface area contributed by atoms with Crippen molar-refractivity contribution in [3.63, 3.8) is 0 Å². The summed E-state index contributed by atoms with van der Waals surface area (Å²) in [6, 6.07) is 14.4. The molecule has 0 fully saturated rings. The van der Waals surface area contributed by atoms with E-state index in [1.54, 1.807) is 51.4 Å². The molecule has 0 aliphatic heterocycles. The number of aliphatic hydroxyl groups is 2. The zero-order valence-electron chi connectivity index (χ0n) is 23.6. The summed E-state index contributed by atoms with van der Waals surface area (Å²) in [5, 5.41) is 28.9. The average Bonchev–Trinajstić information content (AvgIpc) is 2.96. The molecule has 8 nitrogen and oxygen atoms in total. The molecule has 0 saturated heterocycles. The summed E-state index contributed by atoms with van der Waals surface area (Å²) in [6.45, 7) is 4.95. The molecule has 222 valence electrons. The van der Waals surface area contributed by atoms with Crippen LogP contribution in [0.4, 0.5) is 15.9 Å². The lowest BCUT2D eigenvalue weighted by Crippen LogP contribution is -2.24. The van der Waals surface area contributed by atoms with Crippen molar-refractivity contribution in [2.45, 2.75) is 39.1 Å². The largest absolute Gasteiger partial charge is 0.496 e. The van der Waals surface area contributed by atoms with Gasteiger partial charge in [-0.3, -0.25) is 4.98 Å². The van der Waals surface area contributed by atoms with E-state index in [9.17, 15) is 10.2 Å². The zero-order valence-corrected chi connectivity index (χ0v) is 25.1. The van der Waals surface area contributed by atoms with Crippen molar-refractivity contribution < 1.29 is 19.3 Å². The Kier molecular flexibility index (Phi) is 11.1. The number of nitrogens with one attached hydrogen (secondary N) is 3. The molecule has 2 aromatic heterocycles. The van der Waals surface area contributed by atoms with Crippen LogP contribution in [0.5, 0.6) is 5.75 Å². The molecule has 11 heteroatoms. The third-order valence-corrected chi connectivity index (χ3v) is 7.26. The number of aliphatic hydroxyl groups excluding tert-OH is 2. The first-order valence-electron chi connectivity index (χ1n) is 13.5. The highest BCUT2D eigenvalue weighted by atomic mass is 35.5. The van der Waals surface area contributed by atoms with E-state index in [4.69, 9.17) is 27.9 Å².